The first-order chi connectivity index (χ1) is 22.5. The highest BCUT2D eigenvalue weighted by atomic mass is 19.4. The number of piperidine rings is 1. The van der Waals surface area contributed by atoms with E-state index in [1.807, 2.05) is 4.90 Å². The van der Waals surface area contributed by atoms with Crippen LogP contribution in [-0.2, 0) is 33.5 Å². The van der Waals surface area contributed by atoms with Crippen molar-refractivity contribution >= 4 is 17.9 Å². The van der Waals surface area contributed by atoms with Gasteiger partial charge in [0, 0.05) is 36.3 Å². The lowest BCUT2D eigenvalue weighted by molar-refractivity contribution is -0.193. The van der Waals surface area contributed by atoms with Crippen LogP contribution in [0.25, 0.3) is 0 Å². The van der Waals surface area contributed by atoms with Crippen LogP contribution in [0.4, 0.5) is 61.5 Å². The summed E-state index contributed by atoms with van der Waals surface area (Å²) in [4.78, 5) is 28.5. The topological polar surface area (TPSA) is 182 Å². The van der Waals surface area contributed by atoms with Crippen molar-refractivity contribution in [3.8, 4) is 0 Å². The Morgan fingerprint density at radius 2 is 1.32 bits per heavy atom. The molecular formula is C25H25F14N5O6. The van der Waals surface area contributed by atoms with Crippen LogP contribution in [0.3, 0.4) is 0 Å². The summed E-state index contributed by atoms with van der Waals surface area (Å²) in [6, 6.07) is 2.10. The fourth-order valence-corrected chi connectivity index (χ4v) is 4.72. The predicted molar refractivity (Wildman–Crippen MR) is 137 cm³/mol. The first-order valence-electron chi connectivity index (χ1n) is 13.2. The molecular weight excluding hydrogens is 732 g/mol. The number of benzene rings is 1. The number of H-pyrrole nitrogens is 1. The molecule has 0 saturated carbocycles. The molecule has 284 valence electrons. The summed E-state index contributed by atoms with van der Waals surface area (Å²) in [5, 5.41) is 30.6. The van der Waals surface area contributed by atoms with Gasteiger partial charge in [-0.3, -0.25) is 10.00 Å². The van der Waals surface area contributed by atoms with E-state index in [1.54, 1.807) is 7.05 Å². The molecule has 0 aliphatic carbocycles. The van der Waals surface area contributed by atoms with Gasteiger partial charge < -0.3 is 26.4 Å². The van der Waals surface area contributed by atoms with Gasteiger partial charge in [0.1, 0.15) is 11.6 Å². The van der Waals surface area contributed by atoms with E-state index >= 15 is 0 Å². The van der Waals surface area contributed by atoms with Gasteiger partial charge in [0.05, 0.1) is 11.7 Å². The molecule has 1 aromatic carbocycles. The summed E-state index contributed by atoms with van der Waals surface area (Å²) in [6.07, 6.45) is -19.1. The molecule has 2 aliphatic heterocycles. The highest BCUT2D eigenvalue weighted by Gasteiger charge is 2.43. The summed E-state index contributed by atoms with van der Waals surface area (Å²) in [6.45, 7) is 0.765. The summed E-state index contributed by atoms with van der Waals surface area (Å²) in [5.74, 6) is -9.37. The zero-order valence-corrected chi connectivity index (χ0v) is 24.7. The molecule has 1 fully saturated rings. The van der Waals surface area contributed by atoms with E-state index in [2.05, 4.69) is 15.5 Å². The quantitative estimate of drug-likeness (QED) is 0.236. The number of aromatic nitrogens is 2. The SMILES string of the molecule is CN1C[C@H](C2Cc3c(C(F)(F)F)n[nH]c3CN2)C[C@H](N)[C@H]1c1cc(F)ccc1F.O=C(O)C(F)(F)F.O=C(O)C(F)(F)F.O=C(O)C(F)(F)F. The standard InChI is InChI=1S/C19H22F5N5.3C2HF3O2/c1-29-8-9(4-14(25)17(29)11-5-10(20)2-3-13(11)21)15-6-12-16(7-26-15)27-28-18(12)19(22,23)24;3*3-2(4,5)1(6)7/h2-3,5,9,14-15,17,26H,4,6-8,25H2,1H3,(H,27,28);3*(H,6,7)/t9-,14+,15?,17-;;;/m1.../s1. The monoisotopic (exact) mass is 757 g/mol. The molecule has 11 nitrogen and oxygen atoms in total. The fraction of sp³-hybridized carbons (Fsp3) is 0.520. The Morgan fingerprint density at radius 3 is 1.72 bits per heavy atom. The van der Waals surface area contributed by atoms with E-state index in [-0.39, 0.29) is 36.1 Å². The Morgan fingerprint density at radius 1 is 0.860 bits per heavy atom. The van der Waals surface area contributed by atoms with Crippen LogP contribution in [0.15, 0.2) is 18.2 Å². The number of carbonyl (C=O) groups is 3. The molecule has 1 unspecified atom stereocenters. The lowest BCUT2D eigenvalue weighted by atomic mass is 9.79. The van der Waals surface area contributed by atoms with Gasteiger partial charge in [-0.15, -0.1) is 0 Å². The molecule has 0 amide bonds. The Labute approximate surface area is 270 Å². The summed E-state index contributed by atoms with van der Waals surface area (Å²) in [7, 11) is 1.77. The van der Waals surface area contributed by atoms with Gasteiger partial charge in [-0.1, -0.05) is 0 Å². The number of nitrogens with two attached hydrogens (primary N) is 1. The summed E-state index contributed by atoms with van der Waals surface area (Å²) < 4.78 is 163. The zero-order valence-electron chi connectivity index (χ0n) is 24.7. The van der Waals surface area contributed by atoms with Crippen LogP contribution in [0.1, 0.15) is 35.0 Å². The number of carboxylic acid groups (broad SMARTS) is 3. The molecule has 0 spiro atoms. The maximum atomic E-state index is 14.3. The second-order valence-corrected chi connectivity index (χ2v) is 10.3. The smallest absolute Gasteiger partial charge is 0.475 e. The van der Waals surface area contributed by atoms with E-state index in [9.17, 15) is 61.5 Å². The second-order valence-electron chi connectivity index (χ2n) is 10.3. The normalized spacial score (nSPS) is 21.2. The van der Waals surface area contributed by atoms with Crippen molar-refractivity contribution in [2.75, 3.05) is 13.6 Å². The van der Waals surface area contributed by atoms with Crippen LogP contribution in [0.2, 0.25) is 0 Å². The first-order valence-corrected chi connectivity index (χ1v) is 13.2. The minimum Gasteiger partial charge on any atom is -0.475 e. The van der Waals surface area contributed by atoms with Gasteiger partial charge in [0.15, 0.2) is 5.69 Å². The number of aromatic amines is 1. The maximum Gasteiger partial charge on any atom is 0.490 e. The second kappa shape index (κ2) is 16.6. The van der Waals surface area contributed by atoms with Gasteiger partial charge >= 0.3 is 42.6 Å². The average Bonchev–Trinajstić information content (AvgIpc) is 3.38. The van der Waals surface area contributed by atoms with E-state index in [0.29, 0.717) is 18.7 Å². The predicted octanol–water partition coefficient (Wildman–Crippen LogP) is 4.64. The third kappa shape index (κ3) is 12.9. The Hall–Kier alpha value is -4.26. The first kappa shape index (κ1) is 43.8. The largest absolute Gasteiger partial charge is 0.490 e. The van der Waals surface area contributed by atoms with Crippen LogP contribution >= 0.6 is 0 Å². The number of alkyl halides is 12. The number of fused-ring (bicyclic) bond motifs is 1. The van der Waals surface area contributed by atoms with Gasteiger partial charge in [0.2, 0.25) is 0 Å². The number of hydrogen-bond acceptors (Lipinski definition) is 7. The molecule has 0 radical (unpaired) electrons. The number of hydrogen-bond donors (Lipinski definition) is 6. The Bertz CT molecular complexity index is 1410. The number of rotatable bonds is 2. The Balaban J connectivity index is 0.000000486. The molecule has 1 saturated heterocycles. The van der Waals surface area contributed by atoms with Crippen molar-refractivity contribution in [3.05, 3.63) is 52.3 Å². The fourth-order valence-electron chi connectivity index (χ4n) is 4.72. The van der Waals surface area contributed by atoms with Crippen molar-refractivity contribution < 1.29 is 91.2 Å². The molecule has 2 aliphatic rings. The summed E-state index contributed by atoms with van der Waals surface area (Å²) in [5.41, 5.74) is 6.30. The third-order valence-electron chi connectivity index (χ3n) is 6.74. The van der Waals surface area contributed by atoms with Crippen molar-refractivity contribution in [2.45, 2.75) is 62.2 Å². The molecule has 1 aromatic heterocycles. The van der Waals surface area contributed by atoms with Gasteiger partial charge in [-0.2, -0.15) is 57.8 Å². The van der Waals surface area contributed by atoms with E-state index in [0.717, 1.165) is 18.2 Å². The molecule has 25 heteroatoms. The van der Waals surface area contributed by atoms with Crippen molar-refractivity contribution in [3.63, 3.8) is 0 Å². The van der Waals surface area contributed by atoms with Crippen molar-refractivity contribution in [1.29, 1.82) is 0 Å². The minimum absolute atomic E-state index is 0.0352. The average molecular weight is 757 g/mol. The van der Waals surface area contributed by atoms with Gasteiger partial charge in [-0.05, 0) is 44.0 Å². The number of nitrogens with one attached hydrogen (secondary N) is 2. The highest BCUT2D eigenvalue weighted by molar-refractivity contribution is 5.73. The number of likely N-dealkylation sites (N-methyl/N-ethyl adjacent to an activating group) is 1. The molecule has 3 heterocycles. The lowest BCUT2D eigenvalue weighted by Crippen LogP contribution is -2.54. The van der Waals surface area contributed by atoms with Crippen LogP contribution in [-0.4, -0.2) is 92.5 Å². The van der Waals surface area contributed by atoms with Crippen LogP contribution < -0.4 is 11.1 Å². The third-order valence-corrected chi connectivity index (χ3v) is 6.74. The maximum absolute atomic E-state index is 14.3. The van der Waals surface area contributed by atoms with Crippen LogP contribution in [0, 0.1) is 17.6 Å². The van der Waals surface area contributed by atoms with E-state index < -0.39 is 72.0 Å². The van der Waals surface area contributed by atoms with Gasteiger partial charge in [-0.25, -0.2) is 23.2 Å². The number of aliphatic carboxylic acids is 3. The van der Waals surface area contributed by atoms with Crippen molar-refractivity contribution in [2.24, 2.45) is 11.7 Å². The van der Waals surface area contributed by atoms with Gasteiger partial charge in [0.25, 0.3) is 0 Å². The number of nitrogens with zero attached hydrogens (tertiary/aromatic N) is 2. The minimum atomic E-state index is -5.08. The Kier molecular flexibility index (Phi) is 14.6. The highest BCUT2D eigenvalue weighted by Crippen LogP contribution is 2.38. The molecule has 2 aromatic rings. The molecule has 4 rings (SSSR count). The van der Waals surface area contributed by atoms with E-state index in [1.165, 1.54) is 0 Å². The lowest BCUT2D eigenvalue weighted by Gasteiger charge is -2.45. The number of carboxylic acids is 3. The molecule has 50 heavy (non-hydrogen) atoms. The van der Waals surface area contributed by atoms with Crippen molar-refractivity contribution in [1.82, 2.24) is 20.4 Å². The molecule has 7 N–H and O–H groups in total. The van der Waals surface area contributed by atoms with Crippen LogP contribution in [0.5, 0.6) is 0 Å². The number of halogens is 14. The molecule has 4 atom stereocenters. The summed E-state index contributed by atoms with van der Waals surface area (Å²) >= 11 is 0. The molecule has 0 bridgehead atoms. The van der Waals surface area contributed by atoms with E-state index in [4.69, 9.17) is 35.4 Å². The number of likely N-dealkylation sites (tertiary alicyclic amines) is 1. The zero-order chi connectivity index (χ0) is 39.2.